The number of ether oxygens (including phenoxy) is 1. The van der Waals surface area contributed by atoms with E-state index in [2.05, 4.69) is 13.8 Å². The molecule has 34 heavy (non-hydrogen) atoms. The molecule has 0 aliphatic heterocycles. The molecule has 0 heterocycles. The monoisotopic (exact) mass is 502 g/mol. The van der Waals surface area contributed by atoms with E-state index in [4.69, 9.17) is 13.8 Å². The van der Waals surface area contributed by atoms with Gasteiger partial charge in [-0.25, -0.2) is 4.79 Å². The first-order chi connectivity index (χ1) is 16.7. The summed E-state index contributed by atoms with van der Waals surface area (Å²) in [6.07, 6.45) is 26.0. The van der Waals surface area contributed by atoms with Gasteiger partial charge in [0.15, 0.2) is 0 Å². The Kier molecular flexibility index (Phi) is 26.4. The van der Waals surface area contributed by atoms with E-state index in [-0.39, 0.29) is 5.31 Å². The van der Waals surface area contributed by atoms with Crippen LogP contribution in [-0.2, 0) is 18.6 Å². The molecule has 0 amide bonds. The molecule has 0 spiro atoms. The molecule has 0 atom stereocenters. The van der Waals surface area contributed by atoms with Gasteiger partial charge in [0.25, 0.3) is 0 Å². The van der Waals surface area contributed by atoms with Crippen LogP contribution >= 0.6 is 8.38 Å². The number of hydrogen-bond donors (Lipinski definition) is 1. The van der Waals surface area contributed by atoms with Gasteiger partial charge >= 0.3 is 5.97 Å². The van der Waals surface area contributed by atoms with Crippen molar-refractivity contribution in [3.8, 4) is 0 Å². The second kappa shape index (κ2) is 27.0. The lowest BCUT2D eigenvalue weighted by atomic mass is 10.1. The van der Waals surface area contributed by atoms with Crippen molar-refractivity contribution < 1.29 is 23.7 Å². The maximum atomic E-state index is 12.0. The molecule has 202 valence electrons. The average Bonchev–Trinajstić information content (AvgIpc) is 2.85. The average molecular weight is 503 g/mol. The Labute approximate surface area is 212 Å². The SMILES string of the molecule is CCCCCCCCCCCCOP(OCCCCCCCCCCCC)/C(=C\O)C(=O)OC. The molecule has 0 aromatic heterocycles. The van der Waals surface area contributed by atoms with Crippen LogP contribution in [0.3, 0.4) is 0 Å². The van der Waals surface area contributed by atoms with Crippen LogP contribution in [0.2, 0.25) is 0 Å². The van der Waals surface area contributed by atoms with Crippen molar-refractivity contribution in [2.24, 2.45) is 0 Å². The second-order valence-electron chi connectivity index (χ2n) is 9.29. The zero-order chi connectivity index (χ0) is 25.1. The van der Waals surface area contributed by atoms with Gasteiger partial charge in [-0.05, 0) is 12.8 Å². The molecule has 5 nitrogen and oxygen atoms in total. The standard InChI is InChI=1S/C28H55O5P/c1-4-6-8-10-12-14-16-18-20-22-24-32-34(27(26-29)28(30)31-3)33-25-23-21-19-17-15-13-11-9-7-5-2/h26,29H,4-25H2,1-3H3/b27-26-. The Bertz CT molecular complexity index is 444. The lowest BCUT2D eigenvalue weighted by Crippen LogP contribution is -2.08. The molecule has 0 saturated heterocycles. The van der Waals surface area contributed by atoms with Gasteiger partial charge in [-0.15, -0.1) is 0 Å². The Hall–Kier alpha value is -0.640. The summed E-state index contributed by atoms with van der Waals surface area (Å²) in [6.45, 7) is 5.58. The summed E-state index contributed by atoms with van der Waals surface area (Å²) in [4.78, 5) is 12.0. The highest BCUT2D eigenvalue weighted by Gasteiger charge is 2.25. The van der Waals surface area contributed by atoms with Crippen LogP contribution < -0.4 is 0 Å². The van der Waals surface area contributed by atoms with Crippen LogP contribution in [0.1, 0.15) is 142 Å². The van der Waals surface area contributed by atoms with Gasteiger partial charge < -0.3 is 18.9 Å². The summed E-state index contributed by atoms with van der Waals surface area (Å²) < 4.78 is 16.6. The minimum Gasteiger partial charge on any atom is -0.514 e. The van der Waals surface area contributed by atoms with E-state index in [0.29, 0.717) is 13.2 Å². The molecule has 0 bridgehead atoms. The Morgan fingerprint density at radius 3 is 1.24 bits per heavy atom. The van der Waals surface area contributed by atoms with Crippen molar-refractivity contribution in [2.75, 3.05) is 20.3 Å². The summed E-state index contributed by atoms with van der Waals surface area (Å²) in [7, 11) is -0.296. The van der Waals surface area contributed by atoms with Crippen molar-refractivity contribution in [3.05, 3.63) is 11.6 Å². The fraction of sp³-hybridized carbons (Fsp3) is 0.893. The first-order valence-corrected chi connectivity index (χ1v) is 15.4. The van der Waals surface area contributed by atoms with Crippen LogP contribution in [0.4, 0.5) is 0 Å². The summed E-state index contributed by atoms with van der Waals surface area (Å²) in [5, 5.41) is 9.64. The highest BCUT2D eigenvalue weighted by Crippen LogP contribution is 2.47. The zero-order valence-electron chi connectivity index (χ0n) is 22.7. The van der Waals surface area contributed by atoms with E-state index in [1.807, 2.05) is 0 Å². The molecule has 0 fully saturated rings. The largest absolute Gasteiger partial charge is 0.514 e. The fourth-order valence-electron chi connectivity index (χ4n) is 3.93. The fourth-order valence-corrected chi connectivity index (χ4v) is 5.21. The van der Waals surface area contributed by atoms with E-state index in [0.717, 1.165) is 31.9 Å². The third-order valence-corrected chi connectivity index (χ3v) is 7.65. The number of hydrogen-bond acceptors (Lipinski definition) is 5. The molecule has 0 rings (SSSR count). The van der Waals surface area contributed by atoms with Crippen molar-refractivity contribution in [1.82, 2.24) is 0 Å². The van der Waals surface area contributed by atoms with Gasteiger partial charge in [0.05, 0.1) is 26.6 Å². The molecule has 0 unspecified atom stereocenters. The minimum absolute atomic E-state index is 0.0941. The molecule has 1 N–H and O–H groups in total. The highest BCUT2D eigenvalue weighted by molar-refractivity contribution is 7.53. The molecule has 0 aliphatic rings. The summed E-state index contributed by atoms with van der Waals surface area (Å²) in [6, 6.07) is 0. The second-order valence-corrected chi connectivity index (χ2v) is 10.8. The number of unbranched alkanes of at least 4 members (excludes halogenated alkanes) is 18. The minimum atomic E-state index is -1.61. The number of aliphatic hydroxyl groups is 1. The van der Waals surface area contributed by atoms with E-state index in [1.165, 1.54) is 110 Å². The van der Waals surface area contributed by atoms with Gasteiger partial charge in [-0.3, -0.25) is 0 Å². The van der Waals surface area contributed by atoms with Gasteiger partial charge in [-0.1, -0.05) is 129 Å². The highest BCUT2D eigenvalue weighted by atomic mass is 31.2. The molecule has 0 saturated carbocycles. The summed E-state index contributed by atoms with van der Waals surface area (Å²) >= 11 is 0. The van der Waals surface area contributed by atoms with E-state index >= 15 is 0 Å². The third-order valence-electron chi connectivity index (χ3n) is 6.13. The van der Waals surface area contributed by atoms with Crippen LogP contribution in [0, 0.1) is 0 Å². The van der Waals surface area contributed by atoms with Crippen LogP contribution in [0.15, 0.2) is 11.6 Å². The van der Waals surface area contributed by atoms with Gasteiger partial charge in [-0.2, -0.15) is 0 Å². The van der Waals surface area contributed by atoms with Gasteiger partial charge in [0.1, 0.15) is 5.31 Å². The number of carbonyl (C=O) groups is 1. The zero-order valence-corrected chi connectivity index (χ0v) is 23.6. The van der Waals surface area contributed by atoms with Gasteiger partial charge in [0, 0.05) is 0 Å². The number of rotatable bonds is 26. The van der Waals surface area contributed by atoms with Crippen LogP contribution in [0.5, 0.6) is 0 Å². The quantitative estimate of drug-likeness (QED) is 0.0419. The first kappa shape index (κ1) is 33.4. The number of aliphatic hydroxyl groups excluding tert-OH is 1. The third kappa shape index (κ3) is 20.7. The van der Waals surface area contributed by atoms with E-state index in [1.54, 1.807) is 0 Å². The van der Waals surface area contributed by atoms with Crippen LogP contribution in [0.25, 0.3) is 0 Å². The van der Waals surface area contributed by atoms with Crippen molar-refractivity contribution in [1.29, 1.82) is 0 Å². The van der Waals surface area contributed by atoms with E-state index in [9.17, 15) is 9.90 Å². The summed E-state index contributed by atoms with van der Waals surface area (Å²) in [5.74, 6) is -0.584. The maximum absolute atomic E-state index is 12.0. The Morgan fingerprint density at radius 1 is 0.618 bits per heavy atom. The molecular weight excluding hydrogens is 447 g/mol. The lowest BCUT2D eigenvalue weighted by Gasteiger charge is -2.18. The van der Waals surface area contributed by atoms with E-state index < -0.39 is 14.3 Å². The molecule has 6 heteroatoms. The number of carbonyl (C=O) groups excluding carboxylic acids is 1. The van der Waals surface area contributed by atoms with Crippen molar-refractivity contribution in [2.45, 2.75) is 142 Å². The topological polar surface area (TPSA) is 65.0 Å². The number of methoxy groups -OCH3 is 1. The molecule has 0 radical (unpaired) electrons. The predicted molar refractivity (Wildman–Crippen MR) is 145 cm³/mol. The Morgan fingerprint density at radius 2 is 0.941 bits per heavy atom. The van der Waals surface area contributed by atoms with Crippen molar-refractivity contribution in [3.63, 3.8) is 0 Å². The molecule has 0 aromatic carbocycles. The smallest absolute Gasteiger partial charge is 0.346 e. The Balaban J connectivity index is 3.99. The van der Waals surface area contributed by atoms with Crippen LogP contribution in [-0.4, -0.2) is 31.4 Å². The molecule has 0 aromatic rings. The molecular formula is C28H55O5P. The summed E-state index contributed by atoms with van der Waals surface area (Å²) in [5.41, 5.74) is 0. The first-order valence-electron chi connectivity index (χ1n) is 14.2. The van der Waals surface area contributed by atoms with Gasteiger partial charge in [0.2, 0.25) is 8.38 Å². The number of esters is 1. The maximum Gasteiger partial charge on any atom is 0.346 e. The normalized spacial score (nSPS) is 11.9. The lowest BCUT2D eigenvalue weighted by molar-refractivity contribution is -0.135. The van der Waals surface area contributed by atoms with Crippen molar-refractivity contribution >= 4 is 14.3 Å². The molecule has 0 aliphatic carbocycles. The predicted octanol–water partition coefficient (Wildman–Crippen LogP) is 9.75.